The van der Waals surface area contributed by atoms with E-state index in [9.17, 15) is 24.9 Å². The Morgan fingerprint density at radius 3 is 2.43 bits per heavy atom. The molecule has 6 bridgehead atoms. The van der Waals surface area contributed by atoms with Gasteiger partial charge in [-0.2, -0.15) is 0 Å². The van der Waals surface area contributed by atoms with Crippen LogP contribution in [0.4, 0.5) is 0 Å². The largest absolute Gasteiger partial charge is 0.490 e. The van der Waals surface area contributed by atoms with Crippen LogP contribution in [0, 0.1) is 0 Å². The minimum atomic E-state index is -1.70. The number of carbonyl (C=O) groups excluding carboxylic acids is 1. The molecular weight excluding hydrogens is 616 g/mol. The first-order valence-corrected chi connectivity index (χ1v) is 15.3. The van der Waals surface area contributed by atoms with Crippen molar-refractivity contribution in [1.82, 2.24) is 0 Å². The van der Waals surface area contributed by atoms with E-state index in [0.717, 1.165) is 28.7 Å². The number of carboxylic acids is 1. The molecule has 0 saturated carbocycles. The SMILES string of the molecule is COc1c2ccc3c1O[C@H]1c4ccc(O[C@@H]5O[C@H](COC(=O)CC(=O)O)[C@@H](O)[C@H](O)[C@H]5O)cc4O[C@@H](Cc4ccc(cc4)CCO2)[C@@H]31. The molecule has 1 fully saturated rings. The molecule has 7 aliphatic heterocycles. The van der Waals surface area contributed by atoms with E-state index in [-0.39, 0.29) is 17.8 Å². The zero-order valence-corrected chi connectivity index (χ0v) is 25.3. The van der Waals surface area contributed by atoms with Crippen LogP contribution in [0.5, 0.6) is 28.7 Å². The highest BCUT2D eigenvalue weighted by atomic mass is 16.7. The van der Waals surface area contributed by atoms with Crippen LogP contribution in [0.25, 0.3) is 0 Å². The van der Waals surface area contributed by atoms with Crippen LogP contribution >= 0.6 is 0 Å². The number of hydrogen-bond acceptors (Lipinski definition) is 12. The summed E-state index contributed by atoms with van der Waals surface area (Å²) in [6.07, 6.45) is -8.08. The zero-order chi connectivity index (χ0) is 32.8. The predicted molar refractivity (Wildman–Crippen MR) is 160 cm³/mol. The lowest BCUT2D eigenvalue weighted by molar-refractivity contribution is -0.278. The predicted octanol–water partition coefficient (Wildman–Crippen LogP) is 2.06. The van der Waals surface area contributed by atoms with Gasteiger partial charge in [0.05, 0.1) is 19.6 Å². The molecule has 248 valence electrons. The molecule has 8 atom stereocenters. The average molecular weight is 651 g/mol. The molecule has 10 rings (SSSR count). The number of aliphatic hydroxyl groups is 3. The molecule has 0 amide bonds. The number of benzene rings is 3. The summed E-state index contributed by atoms with van der Waals surface area (Å²) < 4.78 is 41.7. The lowest BCUT2D eigenvalue weighted by atomic mass is 9.81. The van der Waals surface area contributed by atoms with Crippen molar-refractivity contribution in [2.45, 2.75) is 68.1 Å². The van der Waals surface area contributed by atoms with Gasteiger partial charge < -0.3 is 53.6 Å². The second-order valence-electron chi connectivity index (χ2n) is 11.9. The second kappa shape index (κ2) is 12.6. The Morgan fingerprint density at radius 1 is 0.894 bits per heavy atom. The maximum Gasteiger partial charge on any atom is 0.317 e. The van der Waals surface area contributed by atoms with E-state index in [1.165, 1.54) is 0 Å². The number of ether oxygens (including phenoxy) is 7. The molecule has 0 aromatic heterocycles. The number of aliphatic hydroxyl groups excluding tert-OH is 3. The summed E-state index contributed by atoms with van der Waals surface area (Å²) in [5.74, 6) is -0.158. The fourth-order valence-electron chi connectivity index (χ4n) is 6.58. The summed E-state index contributed by atoms with van der Waals surface area (Å²) in [7, 11) is 1.59. The van der Waals surface area contributed by atoms with Gasteiger partial charge in [0, 0.05) is 30.0 Å². The standard InChI is InChI=1S/C34H34O13/c1-41-33-21-9-8-20-27-23(12-17-4-2-16(3-5-17)10-11-42-21)45-22-13-18(6-7-19(22)31(27)47-32(20)33)44-34-30(40)29(39)28(38)24(46-34)15-43-26(37)14-25(35)36/h2-9,13,23-24,27-31,34,38-40H,10-12,14-15H2,1H3,(H,35,36)/t23-,24+,27+,28+,29-,30+,31-,34+/m0/s1. The number of rotatable bonds is 7. The van der Waals surface area contributed by atoms with Gasteiger partial charge in [0.15, 0.2) is 11.5 Å². The average Bonchev–Trinajstić information content (AvgIpc) is 3.45. The van der Waals surface area contributed by atoms with Crippen LogP contribution in [0.15, 0.2) is 54.6 Å². The lowest BCUT2D eigenvalue weighted by Crippen LogP contribution is -2.60. The summed E-state index contributed by atoms with van der Waals surface area (Å²) in [6, 6.07) is 17.3. The zero-order valence-electron chi connectivity index (χ0n) is 25.3. The summed E-state index contributed by atoms with van der Waals surface area (Å²) >= 11 is 0. The van der Waals surface area contributed by atoms with Gasteiger partial charge in [-0.05, 0) is 29.3 Å². The highest BCUT2D eigenvalue weighted by molar-refractivity contribution is 5.90. The van der Waals surface area contributed by atoms with Gasteiger partial charge in [-0.1, -0.05) is 30.3 Å². The summed E-state index contributed by atoms with van der Waals surface area (Å²) in [4.78, 5) is 22.5. The van der Waals surface area contributed by atoms with E-state index in [1.54, 1.807) is 25.3 Å². The number of methoxy groups -OCH3 is 1. The second-order valence-corrected chi connectivity index (χ2v) is 11.9. The van der Waals surface area contributed by atoms with Crippen LogP contribution in [0.3, 0.4) is 0 Å². The molecule has 0 spiro atoms. The Balaban J connectivity index is 1.17. The number of carboxylic acid groups (broad SMARTS) is 1. The smallest absolute Gasteiger partial charge is 0.317 e. The fourth-order valence-corrected chi connectivity index (χ4v) is 6.58. The van der Waals surface area contributed by atoms with E-state index in [2.05, 4.69) is 24.3 Å². The molecule has 47 heavy (non-hydrogen) atoms. The summed E-state index contributed by atoms with van der Waals surface area (Å²) in [5.41, 5.74) is 3.95. The minimum absolute atomic E-state index is 0.167. The van der Waals surface area contributed by atoms with Gasteiger partial charge in [0.1, 0.15) is 61.2 Å². The van der Waals surface area contributed by atoms with Crippen molar-refractivity contribution >= 4 is 11.9 Å². The third-order valence-electron chi connectivity index (χ3n) is 8.94. The quantitative estimate of drug-likeness (QED) is 0.216. The van der Waals surface area contributed by atoms with Gasteiger partial charge in [-0.15, -0.1) is 0 Å². The molecule has 0 unspecified atom stereocenters. The Morgan fingerprint density at radius 2 is 1.66 bits per heavy atom. The third kappa shape index (κ3) is 5.91. The maximum absolute atomic E-state index is 11.7. The number of esters is 1. The van der Waals surface area contributed by atoms with E-state index in [1.807, 2.05) is 12.1 Å². The molecule has 13 nitrogen and oxygen atoms in total. The van der Waals surface area contributed by atoms with Crippen LogP contribution in [-0.2, 0) is 31.9 Å². The van der Waals surface area contributed by atoms with Crippen molar-refractivity contribution in [1.29, 1.82) is 0 Å². The van der Waals surface area contributed by atoms with Crippen molar-refractivity contribution in [2.24, 2.45) is 0 Å². The highest BCUT2D eigenvalue weighted by Gasteiger charge is 2.49. The van der Waals surface area contributed by atoms with Gasteiger partial charge in [0.25, 0.3) is 0 Å². The van der Waals surface area contributed by atoms with Crippen LogP contribution in [-0.4, -0.2) is 89.5 Å². The first-order valence-electron chi connectivity index (χ1n) is 15.3. The van der Waals surface area contributed by atoms with Gasteiger partial charge in [0.2, 0.25) is 12.0 Å². The topological polar surface area (TPSA) is 180 Å². The molecule has 3 aromatic rings. The molecule has 0 aliphatic carbocycles. The van der Waals surface area contributed by atoms with Crippen LogP contribution < -0.4 is 23.7 Å². The third-order valence-corrected chi connectivity index (χ3v) is 8.94. The molecule has 7 aliphatic rings. The van der Waals surface area contributed by atoms with E-state index < -0.39 is 61.8 Å². The Bertz CT molecular complexity index is 1660. The molecule has 3 aromatic carbocycles. The molecule has 1 saturated heterocycles. The summed E-state index contributed by atoms with van der Waals surface area (Å²) in [6.45, 7) is -0.0885. The maximum atomic E-state index is 11.7. The van der Waals surface area contributed by atoms with Crippen molar-refractivity contribution in [3.05, 3.63) is 76.9 Å². The minimum Gasteiger partial charge on any atom is -0.490 e. The molecular formula is C34H34O13. The van der Waals surface area contributed by atoms with Crippen LogP contribution in [0.2, 0.25) is 0 Å². The molecule has 4 N–H and O–H groups in total. The van der Waals surface area contributed by atoms with E-state index in [0.29, 0.717) is 36.0 Å². The highest BCUT2D eigenvalue weighted by Crippen LogP contribution is 2.58. The Kier molecular flexibility index (Phi) is 8.30. The monoisotopic (exact) mass is 650 g/mol. The van der Waals surface area contributed by atoms with Gasteiger partial charge in [-0.25, -0.2) is 0 Å². The van der Waals surface area contributed by atoms with Gasteiger partial charge >= 0.3 is 11.9 Å². The molecule has 13 heteroatoms. The number of aliphatic carboxylic acids is 1. The van der Waals surface area contributed by atoms with E-state index >= 15 is 0 Å². The van der Waals surface area contributed by atoms with Crippen LogP contribution in [0.1, 0.15) is 40.7 Å². The van der Waals surface area contributed by atoms with Crippen molar-refractivity contribution in [2.75, 3.05) is 20.3 Å². The first-order chi connectivity index (χ1) is 22.7. The Labute approximate surface area is 269 Å². The van der Waals surface area contributed by atoms with Gasteiger partial charge in [-0.3, -0.25) is 9.59 Å². The Hall–Kier alpha value is -4.56. The molecule has 0 radical (unpaired) electrons. The first kappa shape index (κ1) is 31.1. The lowest BCUT2D eigenvalue weighted by Gasteiger charge is -2.40. The number of fused-ring (bicyclic) bond motifs is 2. The summed E-state index contributed by atoms with van der Waals surface area (Å²) in [5, 5.41) is 40.3. The van der Waals surface area contributed by atoms with Crippen molar-refractivity contribution < 1.29 is 63.2 Å². The number of carbonyl (C=O) groups is 2. The normalized spacial score (nSPS) is 28.6. The molecule has 7 heterocycles. The van der Waals surface area contributed by atoms with Crippen molar-refractivity contribution in [3.8, 4) is 28.7 Å². The van der Waals surface area contributed by atoms with E-state index in [4.69, 9.17) is 38.3 Å². The number of hydrogen-bond donors (Lipinski definition) is 4. The fraction of sp³-hybridized carbons (Fsp3) is 0.412. The van der Waals surface area contributed by atoms with Crippen molar-refractivity contribution in [3.63, 3.8) is 0 Å².